The second-order valence-corrected chi connectivity index (χ2v) is 13.9. The summed E-state index contributed by atoms with van der Waals surface area (Å²) in [6.45, 7) is 3.71. The van der Waals surface area contributed by atoms with Gasteiger partial charge >= 0.3 is 11.9 Å². The Hall–Kier alpha value is -1.64. The summed E-state index contributed by atoms with van der Waals surface area (Å²) in [5.74, 6) is -2.23. The van der Waals surface area contributed by atoms with Crippen LogP contribution in [0.3, 0.4) is 0 Å². The van der Waals surface area contributed by atoms with Gasteiger partial charge < -0.3 is 49.6 Å². The van der Waals surface area contributed by atoms with Gasteiger partial charge in [0, 0.05) is 30.3 Å². The van der Waals surface area contributed by atoms with Crippen molar-refractivity contribution in [3.63, 3.8) is 0 Å². The van der Waals surface area contributed by atoms with E-state index in [0.29, 0.717) is 25.7 Å². The standard InChI is InChI=1S/C29H40O12/c1-12-21(32)22(33)23(34)24(39-12)40-14-8-18(30)29-20-16(3-5-27(29,36)9-14)28(37)6-4-15(13-7-19(31)38-11-13)26(28,2)10-17(20)41-25(29)35/h7,12,14-18,20-24,30,32-34,36-37H,3-6,8-11H2,1-2H3/t12-,14-,15+,16-,17-,18+,20+,21+,22+,23+,24-,26-,27-,28+,29+/m1/s1. The molecule has 0 bridgehead atoms. The summed E-state index contributed by atoms with van der Waals surface area (Å²) >= 11 is 0. The normalized spacial score (nSPS) is 57.8. The number of hydrogen-bond donors (Lipinski definition) is 6. The minimum atomic E-state index is -1.71. The zero-order valence-electron chi connectivity index (χ0n) is 23.2. The Morgan fingerprint density at radius 2 is 1.76 bits per heavy atom. The van der Waals surface area contributed by atoms with Crippen LogP contribution in [0.25, 0.3) is 0 Å². The third-order valence-corrected chi connectivity index (χ3v) is 12.2. The summed E-state index contributed by atoms with van der Waals surface area (Å²) in [5, 5.41) is 67.1. The smallest absolute Gasteiger partial charge is 0.331 e. The van der Waals surface area contributed by atoms with Crippen LogP contribution in [0.1, 0.15) is 58.8 Å². The van der Waals surface area contributed by atoms with Crippen molar-refractivity contribution in [1.29, 1.82) is 0 Å². The molecule has 7 aliphatic rings. The first-order chi connectivity index (χ1) is 19.3. The molecule has 0 unspecified atom stereocenters. The Morgan fingerprint density at radius 3 is 2.46 bits per heavy atom. The number of ether oxygens (including phenoxy) is 4. The van der Waals surface area contributed by atoms with E-state index in [4.69, 9.17) is 18.9 Å². The van der Waals surface area contributed by atoms with Crippen LogP contribution in [-0.2, 0) is 28.5 Å². The van der Waals surface area contributed by atoms with Gasteiger partial charge in [0.2, 0.25) is 0 Å². The first-order valence-corrected chi connectivity index (χ1v) is 14.8. The lowest BCUT2D eigenvalue weighted by molar-refractivity contribution is -0.324. The molecule has 0 aromatic carbocycles. The molecule has 7 rings (SSSR count). The number of rotatable bonds is 3. The van der Waals surface area contributed by atoms with Crippen LogP contribution in [0.15, 0.2) is 11.6 Å². The van der Waals surface area contributed by atoms with Crippen molar-refractivity contribution >= 4 is 11.9 Å². The van der Waals surface area contributed by atoms with Crippen molar-refractivity contribution in [2.75, 3.05) is 6.61 Å². The average Bonchev–Trinajstić information content (AvgIpc) is 3.54. The molecule has 3 heterocycles. The van der Waals surface area contributed by atoms with E-state index in [2.05, 4.69) is 0 Å². The largest absolute Gasteiger partial charge is 0.461 e. The number of carbonyl (C=O) groups is 2. The summed E-state index contributed by atoms with van der Waals surface area (Å²) in [6, 6.07) is 0. The second-order valence-electron chi connectivity index (χ2n) is 13.9. The van der Waals surface area contributed by atoms with Crippen molar-refractivity contribution in [2.24, 2.45) is 28.6 Å². The molecule has 3 aliphatic heterocycles. The zero-order valence-corrected chi connectivity index (χ0v) is 23.2. The Balaban J connectivity index is 1.19. The molecule has 4 aliphatic carbocycles. The highest BCUT2D eigenvalue weighted by atomic mass is 16.7. The molecule has 6 N–H and O–H groups in total. The van der Waals surface area contributed by atoms with Crippen molar-refractivity contribution in [1.82, 2.24) is 0 Å². The predicted molar refractivity (Wildman–Crippen MR) is 135 cm³/mol. The highest BCUT2D eigenvalue weighted by Crippen LogP contribution is 2.73. The Morgan fingerprint density at radius 1 is 1.00 bits per heavy atom. The SMILES string of the molecule is C[C@H]1O[C@H](O[C@@H]2C[C@H](O)[C@]34C(=O)O[C@@H]5C[C@]6(C)[C@H](C7=CC(=O)OC7)CC[C@]6(O)[C@H](CC[C@@]3(O)C2)[C@@H]54)[C@@H](O)[C@@H](O)[C@H]1O. The van der Waals surface area contributed by atoms with E-state index in [9.17, 15) is 40.2 Å². The van der Waals surface area contributed by atoms with Gasteiger partial charge in [0.1, 0.15) is 36.4 Å². The molecule has 0 aromatic rings. The maximum absolute atomic E-state index is 13.8. The van der Waals surface area contributed by atoms with Crippen LogP contribution >= 0.6 is 0 Å². The number of hydrogen-bond acceptors (Lipinski definition) is 12. The fraction of sp³-hybridized carbons (Fsp3) is 0.862. The van der Waals surface area contributed by atoms with Gasteiger partial charge in [0.15, 0.2) is 6.29 Å². The molecule has 6 fully saturated rings. The van der Waals surface area contributed by atoms with Gasteiger partial charge in [-0.15, -0.1) is 0 Å². The lowest BCUT2D eigenvalue weighted by atomic mass is 9.41. The molecule has 12 nitrogen and oxygen atoms in total. The highest BCUT2D eigenvalue weighted by Gasteiger charge is 2.81. The van der Waals surface area contributed by atoms with Gasteiger partial charge in [0.05, 0.1) is 29.5 Å². The molecular weight excluding hydrogens is 540 g/mol. The predicted octanol–water partition coefficient (Wildman–Crippen LogP) is -0.943. The maximum atomic E-state index is 13.8. The van der Waals surface area contributed by atoms with Gasteiger partial charge in [-0.3, -0.25) is 4.79 Å². The molecular formula is C29H40O12. The van der Waals surface area contributed by atoms with E-state index in [1.807, 2.05) is 6.92 Å². The third kappa shape index (κ3) is 3.44. The maximum Gasteiger partial charge on any atom is 0.331 e. The summed E-state index contributed by atoms with van der Waals surface area (Å²) in [7, 11) is 0. The number of aliphatic hydroxyl groups is 6. The monoisotopic (exact) mass is 580 g/mol. The minimum Gasteiger partial charge on any atom is -0.461 e. The summed E-state index contributed by atoms with van der Waals surface area (Å²) in [6.07, 6.45) is -5.91. The molecule has 0 aromatic heterocycles. The molecule has 12 heteroatoms. The summed E-state index contributed by atoms with van der Waals surface area (Å²) in [5.41, 5.74) is -4.41. The quantitative estimate of drug-likeness (QED) is 0.178. The van der Waals surface area contributed by atoms with Crippen molar-refractivity contribution < 1.29 is 59.2 Å². The Kier molecular flexibility index (Phi) is 6.14. The second kappa shape index (κ2) is 8.95. The van der Waals surface area contributed by atoms with Gasteiger partial charge in [-0.1, -0.05) is 6.92 Å². The Bertz CT molecular complexity index is 1170. The van der Waals surface area contributed by atoms with E-state index < -0.39 is 94.8 Å². The number of cyclic esters (lactones) is 1. The fourth-order valence-corrected chi connectivity index (χ4v) is 10.4. The molecule has 1 spiro atoms. The lowest BCUT2D eigenvalue weighted by Crippen LogP contribution is -2.73. The first-order valence-electron chi connectivity index (χ1n) is 14.8. The van der Waals surface area contributed by atoms with Gasteiger partial charge in [0.25, 0.3) is 0 Å². The molecule has 0 radical (unpaired) electrons. The van der Waals surface area contributed by atoms with Crippen LogP contribution in [0.4, 0.5) is 0 Å². The zero-order chi connectivity index (χ0) is 29.3. The molecule has 41 heavy (non-hydrogen) atoms. The van der Waals surface area contributed by atoms with Crippen molar-refractivity contribution in [2.45, 2.75) is 119 Å². The number of fused-ring (bicyclic) bond motifs is 2. The minimum absolute atomic E-state index is 0.0423. The third-order valence-electron chi connectivity index (χ3n) is 12.2. The van der Waals surface area contributed by atoms with Gasteiger partial charge in [-0.25, -0.2) is 4.79 Å². The van der Waals surface area contributed by atoms with E-state index in [0.717, 1.165) is 5.57 Å². The lowest BCUT2D eigenvalue weighted by Gasteiger charge is -2.64. The molecule has 4 saturated carbocycles. The number of aliphatic hydroxyl groups excluding tert-OH is 4. The van der Waals surface area contributed by atoms with Gasteiger partial charge in [-0.2, -0.15) is 0 Å². The Labute approximate surface area is 237 Å². The van der Waals surface area contributed by atoms with E-state index >= 15 is 0 Å². The average molecular weight is 581 g/mol. The van der Waals surface area contributed by atoms with E-state index in [1.54, 1.807) is 0 Å². The van der Waals surface area contributed by atoms with E-state index in [1.165, 1.54) is 13.0 Å². The van der Waals surface area contributed by atoms with Crippen LogP contribution < -0.4 is 0 Å². The fourth-order valence-electron chi connectivity index (χ4n) is 10.4. The molecule has 2 saturated heterocycles. The topological polar surface area (TPSA) is 192 Å². The van der Waals surface area contributed by atoms with Crippen LogP contribution in [0, 0.1) is 28.6 Å². The van der Waals surface area contributed by atoms with Crippen LogP contribution in [0.5, 0.6) is 0 Å². The van der Waals surface area contributed by atoms with Crippen LogP contribution in [0.2, 0.25) is 0 Å². The molecule has 15 atom stereocenters. The first kappa shape index (κ1) is 28.1. The van der Waals surface area contributed by atoms with Gasteiger partial charge in [-0.05, 0) is 56.4 Å². The molecule has 228 valence electrons. The summed E-state index contributed by atoms with van der Waals surface area (Å²) < 4.78 is 22.7. The van der Waals surface area contributed by atoms with E-state index in [-0.39, 0.29) is 31.8 Å². The number of carbonyl (C=O) groups excluding carboxylic acids is 2. The van der Waals surface area contributed by atoms with Crippen LogP contribution in [-0.4, -0.2) is 109 Å². The van der Waals surface area contributed by atoms with Crippen molar-refractivity contribution in [3.8, 4) is 0 Å². The summed E-state index contributed by atoms with van der Waals surface area (Å²) in [4.78, 5) is 25.7. The molecule has 0 amide bonds. The number of esters is 2. The van der Waals surface area contributed by atoms with Crippen molar-refractivity contribution in [3.05, 3.63) is 11.6 Å². The highest BCUT2D eigenvalue weighted by molar-refractivity contribution is 5.85.